The predicted octanol–water partition coefficient (Wildman–Crippen LogP) is 4.18. The van der Waals surface area contributed by atoms with E-state index in [1.165, 1.54) is 0 Å². The van der Waals surface area contributed by atoms with Crippen molar-refractivity contribution in [3.05, 3.63) is 42.0 Å². The lowest BCUT2D eigenvalue weighted by Gasteiger charge is -2.31. The molecular weight excluding hydrogens is 274 g/mol. The maximum Gasteiger partial charge on any atom is 0.326 e. The van der Waals surface area contributed by atoms with Crippen LogP contribution < -0.4 is 5.73 Å². The van der Waals surface area contributed by atoms with Gasteiger partial charge in [-0.05, 0) is 45.1 Å². The van der Waals surface area contributed by atoms with Crippen molar-refractivity contribution in [1.82, 2.24) is 0 Å². The van der Waals surface area contributed by atoms with E-state index in [2.05, 4.69) is 13.8 Å². The first-order valence-corrected chi connectivity index (χ1v) is 7.86. The summed E-state index contributed by atoms with van der Waals surface area (Å²) in [7, 11) is 0. The van der Waals surface area contributed by atoms with Crippen molar-refractivity contribution < 1.29 is 9.53 Å². The van der Waals surface area contributed by atoms with Gasteiger partial charge in [0.1, 0.15) is 11.1 Å². The summed E-state index contributed by atoms with van der Waals surface area (Å²) in [6.45, 7) is 9.71. The third kappa shape index (κ3) is 6.44. The van der Waals surface area contributed by atoms with Gasteiger partial charge in [0.05, 0.1) is 0 Å². The van der Waals surface area contributed by atoms with Crippen molar-refractivity contribution in [3.8, 4) is 0 Å². The van der Waals surface area contributed by atoms with E-state index in [1.54, 1.807) is 0 Å². The van der Waals surface area contributed by atoms with E-state index in [9.17, 15) is 4.79 Å². The minimum Gasteiger partial charge on any atom is -0.459 e. The van der Waals surface area contributed by atoms with Gasteiger partial charge in [0.2, 0.25) is 0 Å². The van der Waals surface area contributed by atoms with Gasteiger partial charge in [0.15, 0.2) is 0 Å². The first kappa shape index (κ1) is 18.4. The molecule has 1 atom stereocenters. The SMILES string of the molecule is CC(C)CC(N)(C/C=C/c1ccccc1)C(=O)OC(C)(C)C. The minimum absolute atomic E-state index is 0.322. The van der Waals surface area contributed by atoms with Crippen LogP contribution in [0.3, 0.4) is 0 Å². The van der Waals surface area contributed by atoms with Crippen molar-refractivity contribution in [3.63, 3.8) is 0 Å². The Morgan fingerprint density at radius 2 is 1.82 bits per heavy atom. The molecule has 0 saturated carbocycles. The molecule has 0 amide bonds. The van der Waals surface area contributed by atoms with Crippen LogP contribution in [0.4, 0.5) is 0 Å². The van der Waals surface area contributed by atoms with Gasteiger partial charge in [-0.25, -0.2) is 0 Å². The largest absolute Gasteiger partial charge is 0.459 e. The molecule has 0 aliphatic rings. The Labute approximate surface area is 134 Å². The average Bonchev–Trinajstić information content (AvgIpc) is 2.37. The van der Waals surface area contributed by atoms with Crippen molar-refractivity contribution in [1.29, 1.82) is 0 Å². The molecule has 3 nitrogen and oxygen atoms in total. The van der Waals surface area contributed by atoms with E-state index >= 15 is 0 Å². The molecular formula is C19H29NO2. The third-order valence-electron chi connectivity index (χ3n) is 3.17. The number of benzene rings is 1. The standard InChI is InChI=1S/C19H29NO2/c1-15(2)14-19(20,17(21)22-18(3,4)5)13-9-12-16-10-7-6-8-11-16/h6-12,15H,13-14,20H2,1-5H3/b12-9+. The fraction of sp³-hybridized carbons (Fsp3) is 0.526. The van der Waals surface area contributed by atoms with Gasteiger partial charge < -0.3 is 10.5 Å². The quantitative estimate of drug-likeness (QED) is 0.802. The zero-order valence-corrected chi connectivity index (χ0v) is 14.4. The number of rotatable bonds is 6. The molecule has 22 heavy (non-hydrogen) atoms. The fourth-order valence-electron chi connectivity index (χ4n) is 2.33. The molecule has 0 aliphatic carbocycles. The van der Waals surface area contributed by atoms with Crippen LogP contribution in [-0.2, 0) is 9.53 Å². The monoisotopic (exact) mass is 303 g/mol. The summed E-state index contributed by atoms with van der Waals surface area (Å²) in [5, 5.41) is 0. The molecule has 1 aromatic carbocycles. The molecule has 0 radical (unpaired) electrons. The summed E-state index contributed by atoms with van der Waals surface area (Å²) < 4.78 is 5.51. The first-order chi connectivity index (χ1) is 10.1. The Hall–Kier alpha value is -1.61. The summed E-state index contributed by atoms with van der Waals surface area (Å²) in [6.07, 6.45) is 5.02. The second-order valence-corrected chi connectivity index (χ2v) is 7.27. The Morgan fingerprint density at radius 1 is 1.23 bits per heavy atom. The maximum atomic E-state index is 12.5. The minimum atomic E-state index is -0.979. The van der Waals surface area contributed by atoms with Crippen molar-refractivity contribution in [2.75, 3.05) is 0 Å². The molecule has 0 aromatic heterocycles. The highest BCUT2D eigenvalue weighted by Gasteiger charge is 2.37. The summed E-state index contributed by atoms with van der Waals surface area (Å²) in [6, 6.07) is 9.98. The molecule has 3 heteroatoms. The lowest BCUT2D eigenvalue weighted by Crippen LogP contribution is -2.51. The molecule has 0 heterocycles. The van der Waals surface area contributed by atoms with E-state index in [1.807, 2.05) is 63.3 Å². The summed E-state index contributed by atoms with van der Waals surface area (Å²) in [5.41, 5.74) is 5.98. The lowest BCUT2D eigenvalue weighted by atomic mass is 9.86. The molecule has 1 aromatic rings. The average molecular weight is 303 g/mol. The summed E-state index contributed by atoms with van der Waals surface area (Å²) >= 11 is 0. The van der Waals surface area contributed by atoms with Crippen LogP contribution in [0, 0.1) is 5.92 Å². The number of carbonyl (C=O) groups excluding carboxylic acids is 1. The second kappa shape index (κ2) is 7.59. The molecule has 2 N–H and O–H groups in total. The van der Waals surface area contributed by atoms with Gasteiger partial charge >= 0.3 is 5.97 Å². The summed E-state index contributed by atoms with van der Waals surface area (Å²) in [5.74, 6) is -0.00550. The van der Waals surface area contributed by atoms with Crippen molar-refractivity contribution in [2.24, 2.45) is 11.7 Å². The Morgan fingerprint density at radius 3 is 2.32 bits per heavy atom. The van der Waals surface area contributed by atoms with Crippen LogP contribution in [-0.4, -0.2) is 17.1 Å². The van der Waals surface area contributed by atoms with Gasteiger partial charge in [-0.2, -0.15) is 0 Å². The van der Waals surface area contributed by atoms with E-state index in [4.69, 9.17) is 10.5 Å². The van der Waals surface area contributed by atoms with Gasteiger partial charge in [0, 0.05) is 0 Å². The Kier molecular flexibility index (Phi) is 6.36. The number of esters is 1. The molecule has 122 valence electrons. The van der Waals surface area contributed by atoms with Gasteiger partial charge in [-0.1, -0.05) is 56.3 Å². The van der Waals surface area contributed by atoms with Gasteiger partial charge in [-0.15, -0.1) is 0 Å². The van der Waals surface area contributed by atoms with Crippen molar-refractivity contribution in [2.45, 2.75) is 58.6 Å². The van der Waals surface area contributed by atoms with E-state index in [0.717, 1.165) is 5.56 Å². The zero-order chi connectivity index (χ0) is 16.8. The van der Waals surface area contributed by atoms with Gasteiger partial charge in [-0.3, -0.25) is 4.79 Å². The molecule has 1 rings (SSSR count). The third-order valence-corrected chi connectivity index (χ3v) is 3.17. The molecule has 1 unspecified atom stereocenters. The van der Waals surface area contributed by atoms with Crippen molar-refractivity contribution >= 4 is 12.0 Å². The zero-order valence-electron chi connectivity index (χ0n) is 14.4. The van der Waals surface area contributed by atoms with Crippen LogP contribution >= 0.6 is 0 Å². The van der Waals surface area contributed by atoms with E-state index in [0.29, 0.717) is 18.8 Å². The number of hydrogen-bond acceptors (Lipinski definition) is 3. The van der Waals surface area contributed by atoms with Crippen LogP contribution in [0.5, 0.6) is 0 Å². The number of ether oxygens (including phenoxy) is 1. The van der Waals surface area contributed by atoms with Crippen LogP contribution in [0.15, 0.2) is 36.4 Å². The van der Waals surface area contributed by atoms with Crippen LogP contribution in [0.25, 0.3) is 6.08 Å². The topological polar surface area (TPSA) is 52.3 Å². The maximum absolute atomic E-state index is 12.5. The highest BCUT2D eigenvalue weighted by Crippen LogP contribution is 2.24. The molecule has 0 saturated heterocycles. The lowest BCUT2D eigenvalue weighted by molar-refractivity contribution is -0.162. The van der Waals surface area contributed by atoms with E-state index < -0.39 is 11.1 Å². The highest BCUT2D eigenvalue weighted by molar-refractivity contribution is 5.81. The second-order valence-electron chi connectivity index (χ2n) is 7.27. The fourth-order valence-corrected chi connectivity index (χ4v) is 2.33. The molecule has 0 bridgehead atoms. The molecule has 0 spiro atoms. The van der Waals surface area contributed by atoms with E-state index in [-0.39, 0.29) is 5.97 Å². The normalized spacial score (nSPS) is 15.0. The molecule has 0 fully saturated rings. The number of nitrogens with two attached hydrogens (primary N) is 1. The smallest absolute Gasteiger partial charge is 0.326 e. The first-order valence-electron chi connectivity index (χ1n) is 7.86. The van der Waals surface area contributed by atoms with Crippen LogP contribution in [0.1, 0.15) is 53.0 Å². The van der Waals surface area contributed by atoms with Crippen LogP contribution in [0.2, 0.25) is 0 Å². The Bertz CT molecular complexity index is 500. The predicted molar refractivity (Wildman–Crippen MR) is 92.3 cm³/mol. The number of carbonyl (C=O) groups is 1. The highest BCUT2D eigenvalue weighted by atomic mass is 16.6. The van der Waals surface area contributed by atoms with Gasteiger partial charge in [0.25, 0.3) is 0 Å². The number of hydrogen-bond donors (Lipinski definition) is 1. The Balaban J connectivity index is 2.83. The molecule has 0 aliphatic heterocycles. The summed E-state index contributed by atoms with van der Waals surface area (Å²) in [4.78, 5) is 12.5.